The van der Waals surface area contributed by atoms with Gasteiger partial charge in [-0.3, -0.25) is 0 Å². The van der Waals surface area contributed by atoms with E-state index in [4.69, 9.17) is 10.2 Å². The zero-order valence-corrected chi connectivity index (χ0v) is 6.05. The van der Waals surface area contributed by atoms with Crippen molar-refractivity contribution in [2.45, 2.75) is 18.9 Å². The molecule has 0 fully saturated rings. The summed E-state index contributed by atoms with van der Waals surface area (Å²) in [6.45, 7) is 1.23. The summed E-state index contributed by atoms with van der Waals surface area (Å²) in [6, 6.07) is 2.97. The Morgan fingerprint density at radius 2 is 2.27 bits per heavy atom. The van der Waals surface area contributed by atoms with Crippen LogP contribution in [0.25, 0.3) is 0 Å². The SMILES string of the molecule is CC(N)(c1ccco1)C(F)F. The standard InChI is InChI=1S/C7H9F2NO/c1-7(10,6(8)9)5-3-2-4-11-5/h2-4,6H,10H2,1H3. The molecular weight excluding hydrogens is 152 g/mol. The molecular formula is C7H9F2NO. The maximum absolute atomic E-state index is 12.2. The molecule has 0 aliphatic rings. The van der Waals surface area contributed by atoms with Gasteiger partial charge in [0.25, 0.3) is 6.43 Å². The Morgan fingerprint density at radius 1 is 1.64 bits per heavy atom. The topological polar surface area (TPSA) is 39.2 Å². The van der Waals surface area contributed by atoms with Gasteiger partial charge in [0.2, 0.25) is 0 Å². The van der Waals surface area contributed by atoms with E-state index in [0.29, 0.717) is 0 Å². The highest BCUT2D eigenvalue weighted by Gasteiger charge is 2.34. The minimum absolute atomic E-state index is 0.104. The third kappa shape index (κ3) is 1.40. The Kier molecular flexibility index (Phi) is 1.95. The van der Waals surface area contributed by atoms with Gasteiger partial charge >= 0.3 is 0 Å². The van der Waals surface area contributed by atoms with Crippen molar-refractivity contribution in [1.29, 1.82) is 0 Å². The predicted molar refractivity (Wildman–Crippen MR) is 36.3 cm³/mol. The zero-order valence-electron chi connectivity index (χ0n) is 6.05. The number of hydrogen-bond acceptors (Lipinski definition) is 2. The van der Waals surface area contributed by atoms with Gasteiger partial charge in [-0.25, -0.2) is 8.78 Å². The van der Waals surface area contributed by atoms with Crippen LogP contribution in [0.3, 0.4) is 0 Å². The quantitative estimate of drug-likeness (QED) is 0.717. The van der Waals surface area contributed by atoms with E-state index >= 15 is 0 Å². The second-order valence-electron chi connectivity index (χ2n) is 2.56. The molecule has 0 spiro atoms. The van der Waals surface area contributed by atoms with Gasteiger partial charge in [0.15, 0.2) is 0 Å². The lowest BCUT2D eigenvalue weighted by molar-refractivity contribution is 0.0501. The second kappa shape index (κ2) is 2.62. The molecule has 0 aliphatic carbocycles. The number of nitrogens with two attached hydrogens (primary N) is 1. The fraction of sp³-hybridized carbons (Fsp3) is 0.429. The molecule has 4 heteroatoms. The van der Waals surface area contributed by atoms with E-state index in [2.05, 4.69) is 0 Å². The molecule has 2 nitrogen and oxygen atoms in total. The second-order valence-corrected chi connectivity index (χ2v) is 2.56. The molecule has 1 heterocycles. The lowest BCUT2D eigenvalue weighted by Gasteiger charge is -2.20. The van der Waals surface area contributed by atoms with Crippen LogP contribution in [-0.2, 0) is 5.54 Å². The third-order valence-corrected chi connectivity index (χ3v) is 1.51. The summed E-state index contributed by atoms with van der Waals surface area (Å²) in [4.78, 5) is 0. The van der Waals surface area contributed by atoms with Crippen molar-refractivity contribution in [3.05, 3.63) is 24.2 Å². The summed E-state index contributed by atoms with van der Waals surface area (Å²) in [5.74, 6) is 0.104. The third-order valence-electron chi connectivity index (χ3n) is 1.51. The molecule has 1 unspecified atom stereocenters. The van der Waals surface area contributed by atoms with Crippen LogP contribution in [0.5, 0.6) is 0 Å². The molecule has 0 amide bonds. The molecule has 0 bridgehead atoms. The van der Waals surface area contributed by atoms with Gasteiger partial charge in [0.1, 0.15) is 11.3 Å². The number of halogens is 2. The van der Waals surface area contributed by atoms with Crippen molar-refractivity contribution in [1.82, 2.24) is 0 Å². The highest BCUT2D eigenvalue weighted by atomic mass is 19.3. The van der Waals surface area contributed by atoms with Crippen molar-refractivity contribution >= 4 is 0 Å². The first kappa shape index (κ1) is 8.20. The molecule has 1 aromatic rings. The molecule has 62 valence electrons. The predicted octanol–water partition coefficient (Wildman–Crippen LogP) is 1.72. The highest BCUT2D eigenvalue weighted by Crippen LogP contribution is 2.24. The van der Waals surface area contributed by atoms with Crippen molar-refractivity contribution in [2.24, 2.45) is 5.73 Å². The summed E-state index contributed by atoms with van der Waals surface area (Å²) >= 11 is 0. The van der Waals surface area contributed by atoms with Crippen molar-refractivity contribution < 1.29 is 13.2 Å². The van der Waals surface area contributed by atoms with E-state index in [1.165, 1.54) is 25.3 Å². The first-order valence-electron chi connectivity index (χ1n) is 3.16. The summed E-state index contributed by atoms with van der Waals surface area (Å²) < 4.78 is 29.1. The van der Waals surface area contributed by atoms with Crippen LogP contribution < -0.4 is 5.73 Å². The molecule has 0 aromatic carbocycles. The number of rotatable bonds is 2. The van der Waals surface area contributed by atoms with E-state index < -0.39 is 12.0 Å². The normalized spacial score (nSPS) is 16.8. The number of furan rings is 1. The van der Waals surface area contributed by atoms with E-state index in [0.717, 1.165) is 0 Å². The summed E-state index contributed by atoms with van der Waals surface area (Å²) in [7, 11) is 0. The molecule has 1 aromatic heterocycles. The molecule has 1 rings (SSSR count). The van der Waals surface area contributed by atoms with E-state index in [1.54, 1.807) is 0 Å². The zero-order chi connectivity index (χ0) is 8.48. The van der Waals surface area contributed by atoms with Gasteiger partial charge in [-0.15, -0.1) is 0 Å². The van der Waals surface area contributed by atoms with Crippen molar-refractivity contribution in [3.8, 4) is 0 Å². The van der Waals surface area contributed by atoms with Gasteiger partial charge in [-0.2, -0.15) is 0 Å². The fourth-order valence-corrected chi connectivity index (χ4v) is 0.693. The summed E-state index contributed by atoms with van der Waals surface area (Å²) in [5.41, 5.74) is 3.60. The minimum atomic E-state index is -2.62. The van der Waals surface area contributed by atoms with Crippen molar-refractivity contribution in [3.63, 3.8) is 0 Å². The largest absolute Gasteiger partial charge is 0.467 e. The van der Waals surface area contributed by atoms with Crippen LogP contribution in [0, 0.1) is 0 Å². The molecule has 0 saturated carbocycles. The number of alkyl halides is 2. The van der Waals surface area contributed by atoms with Gasteiger partial charge in [0, 0.05) is 0 Å². The van der Waals surface area contributed by atoms with Crippen LogP contribution in [0.4, 0.5) is 8.78 Å². The molecule has 0 aliphatic heterocycles. The highest BCUT2D eigenvalue weighted by molar-refractivity contribution is 5.11. The Balaban J connectivity index is 2.90. The van der Waals surface area contributed by atoms with Crippen LogP contribution in [-0.4, -0.2) is 6.43 Å². The van der Waals surface area contributed by atoms with Crippen LogP contribution in [0.2, 0.25) is 0 Å². The van der Waals surface area contributed by atoms with Gasteiger partial charge in [-0.1, -0.05) is 0 Å². The van der Waals surface area contributed by atoms with Crippen LogP contribution in [0.15, 0.2) is 22.8 Å². The molecule has 11 heavy (non-hydrogen) atoms. The molecule has 0 saturated heterocycles. The maximum Gasteiger partial charge on any atom is 0.263 e. The van der Waals surface area contributed by atoms with E-state index in [9.17, 15) is 8.78 Å². The fourth-order valence-electron chi connectivity index (χ4n) is 0.693. The Bertz CT molecular complexity index is 218. The summed E-state index contributed by atoms with van der Waals surface area (Å²) in [6.07, 6.45) is -1.29. The Hall–Kier alpha value is -0.900. The van der Waals surface area contributed by atoms with Gasteiger partial charge in [-0.05, 0) is 19.1 Å². The average molecular weight is 161 g/mol. The maximum atomic E-state index is 12.2. The molecule has 0 radical (unpaired) electrons. The van der Waals surface area contributed by atoms with Gasteiger partial charge < -0.3 is 10.2 Å². The smallest absolute Gasteiger partial charge is 0.263 e. The summed E-state index contributed by atoms with van der Waals surface area (Å²) in [5, 5.41) is 0. The molecule has 2 N–H and O–H groups in total. The molecule has 1 atom stereocenters. The van der Waals surface area contributed by atoms with Crippen LogP contribution >= 0.6 is 0 Å². The first-order valence-corrected chi connectivity index (χ1v) is 3.16. The van der Waals surface area contributed by atoms with E-state index in [-0.39, 0.29) is 5.76 Å². The monoisotopic (exact) mass is 161 g/mol. The van der Waals surface area contributed by atoms with Crippen molar-refractivity contribution in [2.75, 3.05) is 0 Å². The van der Waals surface area contributed by atoms with Gasteiger partial charge in [0.05, 0.1) is 6.26 Å². The minimum Gasteiger partial charge on any atom is -0.467 e. The lowest BCUT2D eigenvalue weighted by Crippen LogP contribution is -2.40. The first-order chi connectivity index (χ1) is 5.05. The van der Waals surface area contributed by atoms with E-state index in [1.807, 2.05) is 0 Å². The Morgan fingerprint density at radius 3 is 2.64 bits per heavy atom. The Labute approximate surface area is 63.0 Å². The average Bonchev–Trinajstić information content (AvgIpc) is 2.37. The lowest BCUT2D eigenvalue weighted by atomic mass is 10.0. The van der Waals surface area contributed by atoms with Crippen LogP contribution in [0.1, 0.15) is 12.7 Å². The number of hydrogen-bond donors (Lipinski definition) is 1.